The summed E-state index contributed by atoms with van der Waals surface area (Å²) in [6.07, 6.45) is 3.09. The fourth-order valence-corrected chi connectivity index (χ4v) is 3.74. The number of rotatable bonds is 6. The van der Waals surface area contributed by atoms with Crippen molar-refractivity contribution in [1.29, 1.82) is 0 Å². The second kappa shape index (κ2) is 8.60. The summed E-state index contributed by atoms with van der Waals surface area (Å²) in [6, 6.07) is 11.3. The van der Waals surface area contributed by atoms with Crippen LogP contribution in [0, 0.1) is 0 Å². The molecular formula is C19H30N4O. The Hall–Kier alpha value is -1.43. The Balaban J connectivity index is 1.46. The normalized spacial score (nSPS) is 25.7. The zero-order chi connectivity index (χ0) is 16.8. The van der Waals surface area contributed by atoms with Crippen LogP contribution in [0.4, 0.5) is 0 Å². The lowest BCUT2D eigenvalue weighted by Gasteiger charge is -2.40. The van der Waals surface area contributed by atoms with Crippen molar-refractivity contribution in [2.24, 2.45) is 0 Å². The molecule has 2 atom stereocenters. The standard InChI is InChI=1S/C19H30N4O/c1-22-13-14-23(18(15-22)16-7-3-2-4-8-16)12-6-11-21-19(24)17-9-5-10-20-17/h2-4,7-8,17-18,20H,5-6,9-15H2,1H3,(H,21,24). The summed E-state index contributed by atoms with van der Waals surface area (Å²) in [4.78, 5) is 17.0. The minimum absolute atomic E-state index is 0.0331. The molecule has 2 unspecified atom stereocenters. The molecule has 3 rings (SSSR count). The summed E-state index contributed by atoms with van der Waals surface area (Å²) in [5.41, 5.74) is 1.39. The molecule has 0 spiro atoms. The molecule has 0 aliphatic carbocycles. The SMILES string of the molecule is CN1CCN(CCCNC(=O)C2CCCN2)C(c2ccccc2)C1. The van der Waals surface area contributed by atoms with Gasteiger partial charge in [0.2, 0.25) is 5.91 Å². The van der Waals surface area contributed by atoms with Crippen LogP contribution in [0.15, 0.2) is 30.3 Å². The predicted octanol–water partition coefficient (Wildman–Crippen LogP) is 1.23. The highest BCUT2D eigenvalue weighted by Crippen LogP contribution is 2.24. The van der Waals surface area contributed by atoms with E-state index >= 15 is 0 Å². The predicted molar refractivity (Wildman–Crippen MR) is 96.9 cm³/mol. The summed E-state index contributed by atoms with van der Waals surface area (Å²) in [5, 5.41) is 6.34. The van der Waals surface area contributed by atoms with Crippen LogP contribution in [0.2, 0.25) is 0 Å². The van der Waals surface area contributed by atoms with Crippen molar-refractivity contribution < 1.29 is 4.79 Å². The zero-order valence-electron chi connectivity index (χ0n) is 14.7. The Labute approximate surface area is 145 Å². The maximum absolute atomic E-state index is 12.0. The average Bonchev–Trinajstić information content (AvgIpc) is 3.15. The fraction of sp³-hybridized carbons (Fsp3) is 0.632. The lowest BCUT2D eigenvalue weighted by atomic mass is 10.0. The lowest BCUT2D eigenvalue weighted by molar-refractivity contribution is -0.122. The monoisotopic (exact) mass is 330 g/mol. The summed E-state index contributed by atoms with van der Waals surface area (Å²) < 4.78 is 0. The number of carbonyl (C=O) groups is 1. The van der Waals surface area contributed by atoms with E-state index in [1.165, 1.54) is 5.56 Å². The molecule has 24 heavy (non-hydrogen) atoms. The molecule has 2 N–H and O–H groups in total. The van der Waals surface area contributed by atoms with Gasteiger partial charge in [0, 0.05) is 38.8 Å². The smallest absolute Gasteiger partial charge is 0.237 e. The third kappa shape index (κ3) is 4.56. The highest BCUT2D eigenvalue weighted by atomic mass is 16.2. The van der Waals surface area contributed by atoms with Gasteiger partial charge in [-0.05, 0) is 38.4 Å². The number of carbonyl (C=O) groups excluding carboxylic acids is 1. The van der Waals surface area contributed by atoms with E-state index in [1.54, 1.807) is 0 Å². The molecule has 2 saturated heterocycles. The van der Waals surface area contributed by atoms with Gasteiger partial charge in [-0.25, -0.2) is 0 Å². The van der Waals surface area contributed by atoms with E-state index in [1.807, 2.05) is 0 Å². The van der Waals surface area contributed by atoms with E-state index in [4.69, 9.17) is 0 Å². The van der Waals surface area contributed by atoms with Crippen molar-refractivity contribution in [3.8, 4) is 0 Å². The fourth-order valence-electron chi connectivity index (χ4n) is 3.74. The van der Waals surface area contributed by atoms with Crippen LogP contribution in [0.1, 0.15) is 30.9 Å². The Kier molecular flexibility index (Phi) is 6.24. The lowest BCUT2D eigenvalue weighted by Crippen LogP contribution is -2.47. The number of hydrogen-bond acceptors (Lipinski definition) is 4. The molecular weight excluding hydrogens is 300 g/mol. The third-order valence-electron chi connectivity index (χ3n) is 5.18. The van der Waals surface area contributed by atoms with E-state index < -0.39 is 0 Å². The number of nitrogens with one attached hydrogen (secondary N) is 2. The van der Waals surface area contributed by atoms with Crippen LogP contribution in [0.25, 0.3) is 0 Å². The van der Waals surface area contributed by atoms with Crippen molar-refractivity contribution in [2.45, 2.75) is 31.3 Å². The Morgan fingerprint density at radius 2 is 2.12 bits per heavy atom. The molecule has 132 valence electrons. The van der Waals surface area contributed by atoms with E-state index in [0.717, 1.165) is 58.5 Å². The highest BCUT2D eigenvalue weighted by molar-refractivity contribution is 5.81. The van der Waals surface area contributed by atoms with Crippen LogP contribution >= 0.6 is 0 Å². The number of nitrogens with zero attached hydrogens (tertiary/aromatic N) is 2. The van der Waals surface area contributed by atoms with Gasteiger partial charge < -0.3 is 15.5 Å². The van der Waals surface area contributed by atoms with Gasteiger partial charge in [0.1, 0.15) is 0 Å². The van der Waals surface area contributed by atoms with Gasteiger partial charge in [-0.3, -0.25) is 9.69 Å². The van der Waals surface area contributed by atoms with Crippen LogP contribution in [-0.2, 0) is 4.79 Å². The van der Waals surface area contributed by atoms with Gasteiger partial charge in [-0.2, -0.15) is 0 Å². The summed E-state index contributed by atoms with van der Waals surface area (Å²) in [5.74, 6) is 0.172. The van der Waals surface area contributed by atoms with E-state index in [0.29, 0.717) is 6.04 Å². The van der Waals surface area contributed by atoms with E-state index in [-0.39, 0.29) is 11.9 Å². The second-order valence-corrected chi connectivity index (χ2v) is 7.02. The molecule has 5 nitrogen and oxygen atoms in total. The largest absolute Gasteiger partial charge is 0.355 e. The van der Waals surface area contributed by atoms with Crippen LogP contribution in [0.3, 0.4) is 0 Å². The molecule has 0 aromatic heterocycles. The van der Waals surface area contributed by atoms with Gasteiger partial charge in [0.15, 0.2) is 0 Å². The number of amides is 1. The maximum atomic E-state index is 12.0. The summed E-state index contributed by atoms with van der Waals surface area (Å²) >= 11 is 0. The Morgan fingerprint density at radius 3 is 2.88 bits per heavy atom. The molecule has 0 bridgehead atoms. The molecule has 1 amide bonds. The van der Waals surface area contributed by atoms with Crippen molar-refractivity contribution in [3.05, 3.63) is 35.9 Å². The minimum Gasteiger partial charge on any atom is -0.355 e. The van der Waals surface area contributed by atoms with Gasteiger partial charge in [-0.15, -0.1) is 0 Å². The quantitative estimate of drug-likeness (QED) is 0.771. The molecule has 2 fully saturated rings. The van der Waals surface area contributed by atoms with Crippen LogP contribution in [-0.4, -0.2) is 68.1 Å². The second-order valence-electron chi connectivity index (χ2n) is 7.02. The van der Waals surface area contributed by atoms with Crippen molar-refractivity contribution in [2.75, 3.05) is 46.3 Å². The summed E-state index contributed by atoms with van der Waals surface area (Å²) in [6.45, 7) is 6.05. The topological polar surface area (TPSA) is 47.6 Å². The van der Waals surface area contributed by atoms with E-state index in [2.05, 4.69) is 57.8 Å². The van der Waals surface area contributed by atoms with Crippen molar-refractivity contribution in [3.63, 3.8) is 0 Å². The molecule has 0 radical (unpaired) electrons. The highest BCUT2D eigenvalue weighted by Gasteiger charge is 2.26. The van der Waals surface area contributed by atoms with Gasteiger partial charge in [0.05, 0.1) is 6.04 Å². The van der Waals surface area contributed by atoms with Crippen LogP contribution < -0.4 is 10.6 Å². The molecule has 1 aromatic rings. The number of likely N-dealkylation sites (N-methyl/N-ethyl adjacent to an activating group) is 1. The molecule has 5 heteroatoms. The van der Waals surface area contributed by atoms with Crippen molar-refractivity contribution >= 4 is 5.91 Å². The number of hydrogen-bond donors (Lipinski definition) is 2. The first-order valence-corrected chi connectivity index (χ1v) is 9.22. The zero-order valence-corrected chi connectivity index (χ0v) is 14.7. The van der Waals surface area contributed by atoms with Gasteiger partial charge in [-0.1, -0.05) is 30.3 Å². The van der Waals surface area contributed by atoms with Crippen LogP contribution in [0.5, 0.6) is 0 Å². The maximum Gasteiger partial charge on any atom is 0.237 e. The van der Waals surface area contributed by atoms with Gasteiger partial charge in [0.25, 0.3) is 0 Å². The minimum atomic E-state index is 0.0331. The number of piperazine rings is 1. The molecule has 2 aliphatic heterocycles. The average molecular weight is 330 g/mol. The Bertz CT molecular complexity index is 515. The van der Waals surface area contributed by atoms with Crippen molar-refractivity contribution in [1.82, 2.24) is 20.4 Å². The Morgan fingerprint density at radius 1 is 1.29 bits per heavy atom. The molecule has 1 aromatic carbocycles. The van der Waals surface area contributed by atoms with E-state index in [9.17, 15) is 4.79 Å². The third-order valence-corrected chi connectivity index (χ3v) is 5.18. The molecule has 2 aliphatic rings. The molecule has 2 heterocycles. The van der Waals surface area contributed by atoms with Gasteiger partial charge >= 0.3 is 0 Å². The first-order chi connectivity index (χ1) is 11.7. The first-order valence-electron chi connectivity index (χ1n) is 9.22. The number of benzene rings is 1. The summed E-state index contributed by atoms with van der Waals surface area (Å²) in [7, 11) is 2.20. The first kappa shape index (κ1) is 17.4. The molecule has 0 saturated carbocycles.